The van der Waals surface area contributed by atoms with Gasteiger partial charge >= 0.3 is 0 Å². The van der Waals surface area contributed by atoms with Crippen molar-refractivity contribution in [2.75, 3.05) is 5.73 Å². The molecule has 0 bridgehead atoms. The molecular weight excluding hydrogens is 264 g/mol. The summed E-state index contributed by atoms with van der Waals surface area (Å²) in [5.41, 5.74) is 6.41. The molecule has 19 heavy (non-hydrogen) atoms. The number of anilines is 1. The van der Waals surface area contributed by atoms with Crippen molar-refractivity contribution in [2.45, 2.75) is 32.4 Å². The van der Waals surface area contributed by atoms with Gasteiger partial charge in [0.15, 0.2) is 5.82 Å². The zero-order valence-electron chi connectivity index (χ0n) is 10.5. The van der Waals surface area contributed by atoms with Crippen molar-refractivity contribution in [1.82, 2.24) is 14.8 Å². The van der Waals surface area contributed by atoms with Crippen LogP contribution < -0.4 is 10.5 Å². The summed E-state index contributed by atoms with van der Waals surface area (Å²) in [4.78, 5) is 0. The third-order valence-electron chi connectivity index (χ3n) is 3.27. The van der Waals surface area contributed by atoms with Crippen molar-refractivity contribution in [3.63, 3.8) is 0 Å². The predicted molar refractivity (Wildman–Crippen MR) is 73.2 cm³/mol. The van der Waals surface area contributed by atoms with Crippen LogP contribution in [0.5, 0.6) is 5.75 Å². The SMILES string of the molecule is Nc1ccc(Cl)cc1OCc1nnc2n1CCCC2. The molecule has 0 saturated heterocycles. The van der Waals surface area contributed by atoms with Crippen molar-refractivity contribution in [2.24, 2.45) is 0 Å². The Bertz CT molecular complexity index is 596. The van der Waals surface area contributed by atoms with Crippen LogP contribution >= 0.6 is 11.6 Å². The molecule has 1 aromatic carbocycles. The first-order valence-electron chi connectivity index (χ1n) is 6.33. The average molecular weight is 279 g/mol. The van der Waals surface area contributed by atoms with Crippen molar-refractivity contribution >= 4 is 17.3 Å². The van der Waals surface area contributed by atoms with Crippen LogP contribution in [0.3, 0.4) is 0 Å². The highest BCUT2D eigenvalue weighted by Gasteiger charge is 2.16. The minimum atomic E-state index is 0.359. The fourth-order valence-electron chi connectivity index (χ4n) is 2.25. The second kappa shape index (κ2) is 5.09. The number of nitrogens with two attached hydrogens (primary N) is 1. The molecule has 2 aromatic rings. The minimum Gasteiger partial charge on any atom is -0.483 e. The monoisotopic (exact) mass is 278 g/mol. The highest BCUT2D eigenvalue weighted by Crippen LogP contribution is 2.26. The van der Waals surface area contributed by atoms with Crippen LogP contribution in [0.15, 0.2) is 18.2 Å². The van der Waals surface area contributed by atoms with Crippen LogP contribution in [-0.4, -0.2) is 14.8 Å². The van der Waals surface area contributed by atoms with Crippen LogP contribution in [0, 0.1) is 0 Å². The Morgan fingerprint density at radius 1 is 1.32 bits per heavy atom. The van der Waals surface area contributed by atoms with Gasteiger partial charge in [0.05, 0.1) is 5.69 Å². The van der Waals surface area contributed by atoms with Crippen molar-refractivity contribution in [1.29, 1.82) is 0 Å². The Labute approximate surface area is 116 Å². The molecule has 0 amide bonds. The van der Waals surface area contributed by atoms with Gasteiger partial charge < -0.3 is 15.0 Å². The fourth-order valence-corrected chi connectivity index (χ4v) is 2.41. The Morgan fingerprint density at radius 3 is 3.11 bits per heavy atom. The number of aryl methyl sites for hydroxylation is 1. The van der Waals surface area contributed by atoms with Gasteiger partial charge in [0.25, 0.3) is 0 Å². The van der Waals surface area contributed by atoms with E-state index in [0.717, 1.165) is 31.0 Å². The van der Waals surface area contributed by atoms with Gasteiger partial charge in [-0.1, -0.05) is 11.6 Å². The average Bonchev–Trinajstić information content (AvgIpc) is 2.83. The van der Waals surface area contributed by atoms with Crippen LogP contribution in [0.4, 0.5) is 5.69 Å². The molecule has 6 heteroatoms. The molecule has 1 aliphatic heterocycles. The van der Waals surface area contributed by atoms with Crippen molar-refractivity contribution in [3.05, 3.63) is 34.9 Å². The van der Waals surface area contributed by atoms with Gasteiger partial charge in [-0.15, -0.1) is 10.2 Å². The molecule has 2 heterocycles. The lowest BCUT2D eigenvalue weighted by molar-refractivity contribution is 0.287. The first-order valence-corrected chi connectivity index (χ1v) is 6.70. The lowest BCUT2D eigenvalue weighted by atomic mass is 10.2. The summed E-state index contributed by atoms with van der Waals surface area (Å²) in [6, 6.07) is 5.18. The third kappa shape index (κ3) is 2.51. The molecule has 1 aliphatic rings. The standard InChI is InChI=1S/C13H15ClN4O/c14-9-4-5-10(15)11(7-9)19-8-13-17-16-12-3-1-2-6-18(12)13/h4-5,7H,1-3,6,8,15H2. The van der Waals surface area contributed by atoms with E-state index in [2.05, 4.69) is 14.8 Å². The lowest BCUT2D eigenvalue weighted by Crippen LogP contribution is -2.14. The largest absolute Gasteiger partial charge is 0.483 e. The quantitative estimate of drug-likeness (QED) is 0.876. The number of hydrogen-bond donors (Lipinski definition) is 1. The van der Waals surface area contributed by atoms with E-state index in [4.69, 9.17) is 22.1 Å². The van der Waals surface area contributed by atoms with E-state index in [9.17, 15) is 0 Å². The van der Waals surface area contributed by atoms with E-state index in [1.807, 2.05) is 0 Å². The summed E-state index contributed by atoms with van der Waals surface area (Å²) in [5, 5.41) is 8.97. The molecule has 0 aliphatic carbocycles. The first kappa shape index (κ1) is 12.3. The van der Waals surface area contributed by atoms with Gasteiger partial charge in [-0.2, -0.15) is 0 Å². The maximum Gasteiger partial charge on any atom is 0.171 e. The number of hydrogen-bond acceptors (Lipinski definition) is 4. The van der Waals surface area contributed by atoms with E-state index in [1.165, 1.54) is 6.42 Å². The normalized spacial score (nSPS) is 14.2. The van der Waals surface area contributed by atoms with Crippen molar-refractivity contribution in [3.8, 4) is 5.75 Å². The van der Waals surface area contributed by atoms with E-state index in [1.54, 1.807) is 18.2 Å². The summed E-state index contributed by atoms with van der Waals surface area (Å²) in [6.07, 6.45) is 3.34. The molecule has 0 saturated carbocycles. The molecule has 0 fully saturated rings. The van der Waals surface area contributed by atoms with Crippen LogP contribution in [0.25, 0.3) is 0 Å². The summed E-state index contributed by atoms with van der Waals surface area (Å²) in [5.74, 6) is 2.47. The molecule has 0 atom stereocenters. The number of halogens is 1. The summed E-state index contributed by atoms with van der Waals surface area (Å²) in [7, 11) is 0. The van der Waals surface area contributed by atoms with Gasteiger partial charge in [-0.25, -0.2) is 0 Å². The fraction of sp³-hybridized carbons (Fsp3) is 0.385. The maximum atomic E-state index is 5.92. The summed E-state index contributed by atoms with van der Waals surface area (Å²) >= 11 is 5.92. The lowest BCUT2D eigenvalue weighted by Gasteiger charge is -2.15. The number of benzene rings is 1. The smallest absolute Gasteiger partial charge is 0.171 e. The minimum absolute atomic E-state index is 0.359. The molecule has 5 nitrogen and oxygen atoms in total. The Balaban J connectivity index is 1.75. The highest BCUT2D eigenvalue weighted by atomic mass is 35.5. The van der Waals surface area contributed by atoms with Crippen LogP contribution in [0.1, 0.15) is 24.5 Å². The van der Waals surface area contributed by atoms with Crippen LogP contribution in [0.2, 0.25) is 5.02 Å². The van der Waals surface area contributed by atoms with E-state index in [-0.39, 0.29) is 0 Å². The molecule has 0 spiro atoms. The van der Waals surface area contributed by atoms with Gasteiger partial charge in [-0.3, -0.25) is 0 Å². The van der Waals surface area contributed by atoms with Gasteiger partial charge in [0, 0.05) is 24.1 Å². The highest BCUT2D eigenvalue weighted by molar-refractivity contribution is 6.30. The zero-order valence-corrected chi connectivity index (χ0v) is 11.2. The number of rotatable bonds is 3. The predicted octanol–water partition coefficient (Wildman–Crippen LogP) is 2.43. The summed E-state index contributed by atoms with van der Waals surface area (Å²) in [6.45, 7) is 1.32. The maximum absolute atomic E-state index is 5.92. The summed E-state index contributed by atoms with van der Waals surface area (Å²) < 4.78 is 7.82. The number of aromatic nitrogens is 3. The third-order valence-corrected chi connectivity index (χ3v) is 3.50. The Hall–Kier alpha value is -1.75. The number of nitrogens with zero attached hydrogens (tertiary/aromatic N) is 3. The van der Waals surface area contributed by atoms with Crippen LogP contribution in [-0.2, 0) is 19.6 Å². The van der Waals surface area contributed by atoms with Gasteiger partial charge in [0.2, 0.25) is 0 Å². The zero-order chi connectivity index (χ0) is 13.2. The molecule has 1 aromatic heterocycles. The first-order chi connectivity index (χ1) is 9.24. The van der Waals surface area contributed by atoms with Gasteiger partial charge in [0.1, 0.15) is 18.2 Å². The molecule has 0 unspecified atom stereocenters. The second-order valence-corrected chi connectivity index (χ2v) is 5.05. The number of ether oxygens (including phenoxy) is 1. The molecule has 0 radical (unpaired) electrons. The van der Waals surface area contributed by atoms with E-state index >= 15 is 0 Å². The Kier molecular flexibility index (Phi) is 3.29. The van der Waals surface area contributed by atoms with Crippen molar-refractivity contribution < 1.29 is 4.74 Å². The molecule has 3 rings (SSSR count). The second-order valence-electron chi connectivity index (χ2n) is 4.61. The number of fused-ring (bicyclic) bond motifs is 1. The molecule has 2 N–H and O–H groups in total. The Morgan fingerprint density at radius 2 is 2.21 bits per heavy atom. The van der Waals surface area contributed by atoms with E-state index in [0.29, 0.717) is 23.1 Å². The molecular formula is C13H15ClN4O. The van der Waals surface area contributed by atoms with E-state index < -0.39 is 0 Å². The molecule has 100 valence electrons. The van der Waals surface area contributed by atoms with Gasteiger partial charge in [-0.05, 0) is 25.0 Å². The number of nitrogen functional groups attached to an aromatic ring is 1. The topological polar surface area (TPSA) is 66.0 Å².